The van der Waals surface area contributed by atoms with Gasteiger partial charge in [-0.3, -0.25) is 9.69 Å². The highest BCUT2D eigenvalue weighted by molar-refractivity contribution is 5.73. The van der Waals surface area contributed by atoms with Crippen molar-refractivity contribution in [1.29, 1.82) is 0 Å². The molecule has 2 rings (SSSR count). The maximum absolute atomic E-state index is 11.7. The molecule has 104 valence electrons. The molecule has 0 aromatic rings. The Morgan fingerprint density at radius 2 is 2.22 bits per heavy atom. The molecule has 0 spiro atoms. The highest BCUT2D eigenvalue weighted by Crippen LogP contribution is 2.13. The van der Waals surface area contributed by atoms with E-state index in [1.54, 1.807) is 6.92 Å². The molecule has 1 N–H and O–H groups in total. The Morgan fingerprint density at radius 1 is 1.44 bits per heavy atom. The minimum absolute atomic E-state index is 0.189. The van der Waals surface area contributed by atoms with Gasteiger partial charge in [-0.25, -0.2) is 0 Å². The molecule has 0 aromatic heterocycles. The number of carbonyl (C=O) groups excluding carboxylic acids is 1. The number of piperazine rings is 1. The van der Waals surface area contributed by atoms with E-state index < -0.39 is 0 Å². The minimum Gasteiger partial charge on any atom is -0.379 e. The lowest BCUT2D eigenvalue weighted by molar-refractivity contribution is -0.133. The fourth-order valence-corrected chi connectivity index (χ4v) is 2.81. The molecular formula is C13H25N3O2. The van der Waals surface area contributed by atoms with E-state index in [0.717, 1.165) is 39.4 Å². The topological polar surface area (TPSA) is 44.8 Å². The van der Waals surface area contributed by atoms with Crippen molar-refractivity contribution in [2.75, 3.05) is 39.4 Å². The zero-order chi connectivity index (χ0) is 13.1. The summed E-state index contributed by atoms with van der Waals surface area (Å²) >= 11 is 0. The Hall–Kier alpha value is -0.650. The van der Waals surface area contributed by atoms with E-state index in [-0.39, 0.29) is 5.91 Å². The van der Waals surface area contributed by atoms with Gasteiger partial charge >= 0.3 is 0 Å². The van der Waals surface area contributed by atoms with Crippen LogP contribution in [0.4, 0.5) is 0 Å². The Kier molecular flexibility index (Phi) is 4.59. The van der Waals surface area contributed by atoms with E-state index in [2.05, 4.69) is 24.1 Å². The quantitative estimate of drug-likeness (QED) is 0.749. The Morgan fingerprint density at radius 3 is 2.89 bits per heavy atom. The lowest BCUT2D eigenvalue weighted by atomic mass is 10.1. The van der Waals surface area contributed by atoms with Crippen LogP contribution in [0.3, 0.4) is 0 Å². The highest BCUT2D eigenvalue weighted by atomic mass is 16.5. The molecule has 0 radical (unpaired) electrons. The lowest BCUT2D eigenvalue weighted by Crippen LogP contribution is -2.61. The lowest BCUT2D eigenvalue weighted by Gasteiger charge is -2.43. The number of nitrogens with one attached hydrogen (secondary N) is 1. The van der Waals surface area contributed by atoms with Gasteiger partial charge in [0.25, 0.3) is 0 Å². The van der Waals surface area contributed by atoms with E-state index in [1.807, 2.05) is 4.90 Å². The van der Waals surface area contributed by atoms with Crippen LogP contribution in [-0.2, 0) is 9.53 Å². The Labute approximate surface area is 109 Å². The van der Waals surface area contributed by atoms with Crippen LogP contribution in [0.15, 0.2) is 0 Å². The largest absolute Gasteiger partial charge is 0.379 e. The fourth-order valence-electron chi connectivity index (χ4n) is 2.81. The number of rotatable bonds is 2. The maximum atomic E-state index is 11.7. The number of ether oxygens (including phenoxy) is 1. The van der Waals surface area contributed by atoms with Crippen molar-refractivity contribution in [2.45, 2.75) is 38.9 Å². The van der Waals surface area contributed by atoms with Gasteiger partial charge in [0, 0.05) is 45.2 Å². The number of hydrogen-bond donors (Lipinski definition) is 1. The summed E-state index contributed by atoms with van der Waals surface area (Å²) in [6.45, 7) is 11.2. The van der Waals surface area contributed by atoms with Crippen LogP contribution in [0.1, 0.15) is 20.8 Å². The molecule has 2 heterocycles. The van der Waals surface area contributed by atoms with Crippen LogP contribution in [0, 0.1) is 0 Å². The first-order chi connectivity index (χ1) is 8.58. The predicted octanol–water partition coefficient (Wildman–Crippen LogP) is -0.0841. The van der Waals surface area contributed by atoms with Crippen LogP contribution < -0.4 is 5.32 Å². The number of carbonyl (C=O) groups is 1. The molecule has 1 amide bonds. The molecule has 0 bridgehead atoms. The van der Waals surface area contributed by atoms with Crippen LogP contribution in [-0.4, -0.2) is 73.2 Å². The average molecular weight is 255 g/mol. The van der Waals surface area contributed by atoms with E-state index in [9.17, 15) is 4.79 Å². The average Bonchev–Trinajstić information content (AvgIpc) is 2.34. The van der Waals surface area contributed by atoms with Gasteiger partial charge in [0.2, 0.25) is 5.91 Å². The predicted molar refractivity (Wildman–Crippen MR) is 70.5 cm³/mol. The van der Waals surface area contributed by atoms with Gasteiger partial charge < -0.3 is 15.0 Å². The number of amides is 1. The van der Waals surface area contributed by atoms with Crippen LogP contribution in [0.2, 0.25) is 0 Å². The summed E-state index contributed by atoms with van der Waals surface area (Å²) in [4.78, 5) is 16.2. The van der Waals surface area contributed by atoms with Crippen LogP contribution in [0.25, 0.3) is 0 Å². The van der Waals surface area contributed by atoms with E-state index in [4.69, 9.17) is 4.74 Å². The van der Waals surface area contributed by atoms with Crippen molar-refractivity contribution >= 4 is 5.91 Å². The molecule has 2 aliphatic rings. The molecule has 5 nitrogen and oxygen atoms in total. The number of nitrogens with zero attached hydrogens (tertiary/aromatic N) is 2. The Bertz CT molecular complexity index is 298. The minimum atomic E-state index is 0.189. The fraction of sp³-hybridized carbons (Fsp3) is 0.923. The third-order valence-corrected chi connectivity index (χ3v) is 3.97. The van der Waals surface area contributed by atoms with Crippen molar-refractivity contribution in [3.63, 3.8) is 0 Å². The molecule has 2 aliphatic heterocycles. The van der Waals surface area contributed by atoms with Gasteiger partial charge in [0.15, 0.2) is 0 Å². The first-order valence-electron chi connectivity index (χ1n) is 6.90. The second kappa shape index (κ2) is 5.99. The molecule has 18 heavy (non-hydrogen) atoms. The summed E-state index contributed by atoms with van der Waals surface area (Å²) in [5.74, 6) is 0.189. The molecule has 0 aliphatic carbocycles. The molecular weight excluding hydrogens is 230 g/mol. The second-order valence-electron chi connectivity index (χ2n) is 5.55. The third-order valence-electron chi connectivity index (χ3n) is 3.97. The molecule has 0 aromatic carbocycles. The van der Waals surface area contributed by atoms with Crippen molar-refractivity contribution in [3.8, 4) is 0 Å². The zero-order valence-electron chi connectivity index (χ0n) is 11.7. The standard InChI is InChI=1S/C13H25N3O2/c1-10-7-16(12(3)17)13(6-14-10)8-15-4-5-18-9-11(15)2/h10-11,13-14H,4-9H2,1-3H3/t10-,11?,13-/m1/s1. The molecule has 1 unspecified atom stereocenters. The van der Waals surface area contributed by atoms with Crippen LogP contribution in [0.5, 0.6) is 0 Å². The van der Waals surface area contributed by atoms with Gasteiger partial charge in [-0.15, -0.1) is 0 Å². The third kappa shape index (κ3) is 3.22. The second-order valence-corrected chi connectivity index (χ2v) is 5.55. The summed E-state index contributed by atoms with van der Waals surface area (Å²) in [7, 11) is 0. The first-order valence-corrected chi connectivity index (χ1v) is 6.90. The summed E-state index contributed by atoms with van der Waals surface area (Å²) in [6, 6.07) is 1.14. The van der Waals surface area contributed by atoms with Crippen molar-refractivity contribution in [3.05, 3.63) is 0 Å². The van der Waals surface area contributed by atoms with Gasteiger partial charge in [0.1, 0.15) is 0 Å². The van der Waals surface area contributed by atoms with Gasteiger partial charge in [-0.2, -0.15) is 0 Å². The summed E-state index contributed by atoms with van der Waals surface area (Å²) < 4.78 is 5.45. The normalized spacial score (nSPS) is 34.6. The monoisotopic (exact) mass is 255 g/mol. The zero-order valence-corrected chi connectivity index (χ0v) is 11.7. The highest BCUT2D eigenvalue weighted by Gasteiger charge is 2.31. The van der Waals surface area contributed by atoms with Crippen molar-refractivity contribution in [2.24, 2.45) is 0 Å². The van der Waals surface area contributed by atoms with E-state index in [1.165, 1.54) is 0 Å². The summed E-state index contributed by atoms with van der Waals surface area (Å²) in [6.07, 6.45) is 0. The number of morpholine rings is 1. The van der Waals surface area contributed by atoms with E-state index >= 15 is 0 Å². The maximum Gasteiger partial charge on any atom is 0.219 e. The molecule has 0 saturated carbocycles. The summed E-state index contributed by atoms with van der Waals surface area (Å²) in [5.41, 5.74) is 0. The van der Waals surface area contributed by atoms with E-state index in [0.29, 0.717) is 18.1 Å². The summed E-state index contributed by atoms with van der Waals surface area (Å²) in [5, 5.41) is 3.47. The molecule has 5 heteroatoms. The molecule has 2 fully saturated rings. The molecule has 3 atom stereocenters. The van der Waals surface area contributed by atoms with Gasteiger partial charge in [-0.1, -0.05) is 0 Å². The van der Waals surface area contributed by atoms with Gasteiger partial charge in [-0.05, 0) is 13.8 Å². The van der Waals surface area contributed by atoms with Crippen molar-refractivity contribution in [1.82, 2.24) is 15.1 Å². The smallest absolute Gasteiger partial charge is 0.219 e. The van der Waals surface area contributed by atoms with Gasteiger partial charge in [0.05, 0.1) is 19.3 Å². The first kappa shape index (κ1) is 13.8. The SMILES string of the molecule is CC(=O)N1C[C@@H](C)NC[C@@H]1CN1CCOCC1C. The van der Waals surface area contributed by atoms with Crippen LogP contribution >= 0.6 is 0 Å². The molecule has 2 saturated heterocycles. The van der Waals surface area contributed by atoms with Crippen molar-refractivity contribution < 1.29 is 9.53 Å². The number of hydrogen-bond acceptors (Lipinski definition) is 4. The Balaban J connectivity index is 1.95.